The highest BCUT2D eigenvalue weighted by molar-refractivity contribution is 8.76. The van der Waals surface area contributed by atoms with Crippen molar-refractivity contribution in [3.63, 3.8) is 0 Å². The van der Waals surface area contributed by atoms with Gasteiger partial charge in [0.25, 0.3) is 5.91 Å². The van der Waals surface area contributed by atoms with Crippen LogP contribution in [-0.2, 0) is 14.4 Å². The van der Waals surface area contributed by atoms with Crippen molar-refractivity contribution in [2.75, 3.05) is 36.1 Å². The molecule has 0 aliphatic carbocycles. The van der Waals surface area contributed by atoms with Gasteiger partial charge in [-0.2, -0.15) is 0 Å². The number of fused-ring (bicyclic) bond motifs is 1. The van der Waals surface area contributed by atoms with Crippen molar-refractivity contribution in [2.24, 2.45) is 0 Å². The van der Waals surface area contributed by atoms with Crippen molar-refractivity contribution in [3.05, 3.63) is 24.3 Å². The summed E-state index contributed by atoms with van der Waals surface area (Å²) in [5.74, 6) is 0.497. The molecule has 1 aliphatic heterocycles. The summed E-state index contributed by atoms with van der Waals surface area (Å²) in [6, 6.07) is 7.11. The first-order valence-corrected chi connectivity index (χ1v) is 9.82. The second-order valence-electron chi connectivity index (χ2n) is 4.87. The molecule has 24 heavy (non-hydrogen) atoms. The van der Waals surface area contributed by atoms with Crippen molar-refractivity contribution < 1.29 is 24.2 Å². The van der Waals surface area contributed by atoms with Gasteiger partial charge in [0.05, 0.1) is 12.1 Å². The maximum Gasteiger partial charge on any atom is 0.304 e. The molecule has 1 aromatic rings. The number of para-hydroxylation sites is 2. The summed E-state index contributed by atoms with van der Waals surface area (Å²) in [7, 11) is 2.97. The largest absolute Gasteiger partial charge is 0.482 e. The number of aliphatic carboxylic acids is 1. The van der Waals surface area contributed by atoms with Crippen LogP contribution in [0.15, 0.2) is 24.3 Å². The maximum absolute atomic E-state index is 12.0. The van der Waals surface area contributed by atoms with Crippen LogP contribution in [-0.4, -0.2) is 54.1 Å². The van der Waals surface area contributed by atoms with Gasteiger partial charge >= 0.3 is 5.97 Å². The molecule has 9 heteroatoms. The average molecular weight is 370 g/mol. The van der Waals surface area contributed by atoms with Gasteiger partial charge in [-0.05, 0) is 12.1 Å². The van der Waals surface area contributed by atoms with Crippen LogP contribution in [0.4, 0.5) is 5.69 Å². The van der Waals surface area contributed by atoms with Gasteiger partial charge in [-0.3, -0.25) is 19.3 Å². The normalized spacial score (nSPS) is 13.2. The number of carbonyl (C=O) groups excluding carboxylic acids is 2. The average Bonchev–Trinajstić information content (AvgIpc) is 2.56. The molecule has 1 aliphatic rings. The second-order valence-corrected chi connectivity index (χ2v) is 7.58. The van der Waals surface area contributed by atoms with E-state index in [1.165, 1.54) is 26.5 Å². The lowest BCUT2D eigenvalue weighted by atomic mass is 10.2. The number of hydrogen-bond donors (Lipinski definition) is 2. The third kappa shape index (κ3) is 5.64. The monoisotopic (exact) mass is 370 g/mol. The number of amides is 2. The molecule has 0 aromatic heterocycles. The molecule has 130 valence electrons. The van der Waals surface area contributed by atoms with E-state index in [1.807, 2.05) is 6.07 Å². The molecular weight excluding hydrogens is 352 g/mol. The summed E-state index contributed by atoms with van der Waals surface area (Å²) < 4.78 is 5.33. The van der Waals surface area contributed by atoms with Crippen LogP contribution >= 0.6 is 21.6 Å². The van der Waals surface area contributed by atoms with Gasteiger partial charge in [-0.15, -0.1) is 0 Å². The van der Waals surface area contributed by atoms with Crippen molar-refractivity contribution in [1.82, 2.24) is 5.32 Å². The molecular formula is C15H18N2O5S2. The minimum atomic E-state index is -0.813. The lowest BCUT2D eigenvalue weighted by Crippen LogP contribution is -2.45. The quantitative estimate of drug-likeness (QED) is 0.501. The summed E-state index contributed by atoms with van der Waals surface area (Å²) in [6.45, 7) is 0.347. The van der Waals surface area contributed by atoms with Crippen LogP contribution in [0, 0.1) is 0 Å². The second kappa shape index (κ2) is 9.43. The number of benzene rings is 1. The Labute approximate surface area is 147 Å². The summed E-state index contributed by atoms with van der Waals surface area (Å²) >= 11 is 0. The van der Waals surface area contributed by atoms with Crippen LogP contribution in [0.25, 0.3) is 0 Å². The summed E-state index contributed by atoms with van der Waals surface area (Å²) in [6.07, 6.45) is 0.128. The van der Waals surface area contributed by atoms with Crippen molar-refractivity contribution in [3.8, 4) is 5.75 Å². The molecule has 0 fully saturated rings. The van der Waals surface area contributed by atoms with E-state index in [9.17, 15) is 14.4 Å². The van der Waals surface area contributed by atoms with E-state index >= 15 is 0 Å². The number of nitrogens with one attached hydrogen (secondary N) is 1. The maximum atomic E-state index is 12.0. The number of carbonyl (C=O) groups is 3. The minimum Gasteiger partial charge on any atom is -0.482 e. The van der Waals surface area contributed by atoms with E-state index in [0.29, 0.717) is 29.5 Å². The van der Waals surface area contributed by atoms with Crippen molar-refractivity contribution in [1.29, 1.82) is 0 Å². The van der Waals surface area contributed by atoms with E-state index in [4.69, 9.17) is 9.84 Å². The van der Waals surface area contributed by atoms with Gasteiger partial charge in [-0.1, -0.05) is 33.7 Å². The molecule has 7 nitrogen and oxygen atoms in total. The third-order valence-corrected chi connectivity index (χ3v) is 5.51. The molecule has 2 amide bonds. The van der Waals surface area contributed by atoms with Crippen LogP contribution in [0.1, 0.15) is 6.42 Å². The molecule has 0 unspecified atom stereocenters. The number of ether oxygens (including phenoxy) is 1. The van der Waals surface area contributed by atoms with Crippen molar-refractivity contribution in [2.45, 2.75) is 6.42 Å². The third-order valence-electron chi connectivity index (χ3n) is 3.10. The van der Waals surface area contributed by atoms with Crippen LogP contribution in [0.3, 0.4) is 0 Å². The van der Waals surface area contributed by atoms with Crippen LogP contribution in [0.5, 0.6) is 5.75 Å². The lowest BCUT2D eigenvalue weighted by Gasteiger charge is -2.28. The van der Waals surface area contributed by atoms with Gasteiger partial charge in [0.15, 0.2) is 6.61 Å². The topological polar surface area (TPSA) is 95.9 Å². The van der Waals surface area contributed by atoms with Gasteiger partial charge in [0, 0.05) is 18.1 Å². The minimum absolute atomic E-state index is 0.0456. The molecule has 0 saturated carbocycles. The van der Waals surface area contributed by atoms with Crippen LogP contribution in [0.2, 0.25) is 0 Å². The first kappa shape index (κ1) is 18.5. The molecule has 0 spiro atoms. The fourth-order valence-corrected chi connectivity index (χ4v) is 3.89. The van der Waals surface area contributed by atoms with E-state index in [0.717, 1.165) is 0 Å². The Morgan fingerprint density at radius 3 is 2.79 bits per heavy atom. The highest BCUT2D eigenvalue weighted by Crippen LogP contribution is 2.31. The van der Waals surface area contributed by atoms with E-state index < -0.39 is 5.97 Å². The Balaban J connectivity index is 1.71. The summed E-state index contributed by atoms with van der Waals surface area (Å²) in [5, 5.41) is 11.3. The molecule has 0 saturated heterocycles. The van der Waals surface area contributed by atoms with Gasteiger partial charge < -0.3 is 15.2 Å². The lowest BCUT2D eigenvalue weighted by molar-refractivity contribution is -0.136. The molecule has 0 atom stereocenters. The number of hydrogen-bond acceptors (Lipinski definition) is 6. The van der Waals surface area contributed by atoms with Gasteiger partial charge in [0.2, 0.25) is 5.91 Å². The highest BCUT2D eigenvalue weighted by Gasteiger charge is 2.26. The molecule has 0 bridgehead atoms. The Morgan fingerprint density at radius 1 is 1.25 bits per heavy atom. The van der Waals surface area contributed by atoms with E-state index in [2.05, 4.69) is 5.32 Å². The van der Waals surface area contributed by atoms with E-state index in [-0.39, 0.29) is 31.4 Å². The summed E-state index contributed by atoms with van der Waals surface area (Å²) in [4.78, 5) is 35.7. The highest BCUT2D eigenvalue weighted by atomic mass is 33.1. The first-order chi connectivity index (χ1) is 11.6. The fourth-order valence-electron chi connectivity index (χ4n) is 2.01. The Morgan fingerprint density at radius 2 is 2.00 bits per heavy atom. The smallest absolute Gasteiger partial charge is 0.304 e. The SMILES string of the molecule is O=C(O)CCSSCCNC(=O)CN1C(=O)COc2ccccc21. The van der Waals surface area contributed by atoms with Gasteiger partial charge in [0.1, 0.15) is 12.3 Å². The number of carboxylic acid groups (broad SMARTS) is 1. The number of anilines is 1. The Bertz CT molecular complexity index is 611. The zero-order chi connectivity index (χ0) is 17.4. The predicted octanol–water partition coefficient (Wildman–Crippen LogP) is 1.38. The fraction of sp³-hybridized carbons (Fsp3) is 0.400. The molecule has 0 radical (unpaired) electrons. The standard InChI is InChI=1S/C15H18N2O5S2/c18-13(16-6-8-24-23-7-5-15(20)21)9-17-11-3-1-2-4-12(11)22-10-14(17)19/h1-4H,5-10H2,(H,16,18)(H,20,21). The number of carboxylic acids is 1. The molecule has 2 rings (SSSR count). The Hall–Kier alpha value is -1.87. The zero-order valence-electron chi connectivity index (χ0n) is 12.9. The van der Waals surface area contributed by atoms with Crippen LogP contribution < -0.4 is 15.0 Å². The van der Waals surface area contributed by atoms with E-state index in [1.54, 1.807) is 18.2 Å². The first-order valence-electron chi connectivity index (χ1n) is 7.33. The zero-order valence-corrected chi connectivity index (χ0v) is 14.5. The molecule has 2 N–H and O–H groups in total. The molecule has 1 aromatic carbocycles. The summed E-state index contributed by atoms with van der Waals surface area (Å²) in [5.41, 5.74) is 0.600. The van der Waals surface area contributed by atoms with Crippen molar-refractivity contribution >= 4 is 45.1 Å². The Kier molecular flexibility index (Phi) is 7.26. The van der Waals surface area contributed by atoms with Gasteiger partial charge in [-0.25, -0.2) is 0 Å². The predicted molar refractivity (Wildman–Crippen MR) is 94.5 cm³/mol. The number of nitrogens with zero attached hydrogens (tertiary/aromatic N) is 1. The number of rotatable bonds is 9. The molecule has 1 heterocycles.